The van der Waals surface area contributed by atoms with E-state index in [2.05, 4.69) is 15.3 Å². The van der Waals surface area contributed by atoms with Crippen molar-refractivity contribution in [2.45, 2.75) is 52.0 Å². The minimum Gasteiger partial charge on any atom is -0.425 e. The summed E-state index contributed by atoms with van der Waals surface area (Å²) < 4.78 is 7.55. The second-order valence-electron chi connectivity index (χ2n) is 7.23. The molecule has 3 heterocycles. The molecule has 2 aromatic rings. The summed E-state index contributed by atoms with van der Waals surface area (Å²) in [5.41, 5.74) is 1.81. The second-order valence-corrected chi connectivity index (χ2v) is 7.23. The van der Waals surface area contributed by atoms with E-state index in [9.17, 15) is 4.79 Å². The van der Waals surface area contributed by atoms with Crippen molar-refractivity contribution in [1.82, 2.24) is 24.9 Å². The molecular weight excluding hydrogens is 306 g/mol. The first-order chi connectivity index (χ1) is 11.5. The normalized spacial score (nSPS) is 26.1. The van der Waals surface area contributed by atoms with Crippen LogP contribution in [0.25, 0.3) is 0 Å². The number of carbonyl (C=O) groups excluding carboxylic acids is 1. The van der Waals surface area contributed by atoms with Gasteiger partial charge in [0.1, 0.15) is 6.54 Å². The molecule has 0 radical (unpaired) electrons. The smallest absolute Gasteiger partial charge is 0.244 e. The van der Waals surface area contributed by atoms with Crippen molar-refractivity contribution in [3.05, 3.63) is 29.2 Å². The van der Waals surface area contributed by atoms with Gasteiger partial charge in [-0.05, 0) is 38.7 Å². The van der Waals surface area contributed by atoms with Crippen LogP contribution in [0.5, 0.6) is 0 Å². The number of nitrogens with zero attached hydrogens (tertiary/aromatic N) is 5. The summed E-state index contributed by atoms with van der Waals surface area (Å²) in [4.78, 5) is 14.7. The van der Waals surface area contributed by atoms with E-state index < -0.39 is 0 Å². The van der Waals surface area contributed by atoms with Gasteiger partial charge in [-0.15, -0.1) is 10.2 Å². The van der Waals surface area contributed by atoms with E-state index in [-0.39, 0.29) is 11.3 Å². The van der Waals surface area contributed by atoms with Crippen molar-refractivity contribution in [3.8, 4) is 0 Å². The molecule has 24 heavy (non-hydrogen) atoms. The number of hydrogen-bond acceptors (Lipinski definition) is 5. The maximum Gasteiger partial charge on any atom is 0.244 e. The molecule has 0 N–H and O–H groups in total. The zero-order valence-corrected chi connectivity index (χ0v) is 14.4. The number of fused-ring (bicyclic) bond motifs is 1. The van der Waals surface area contributed by atoms with Crippen molar-refractivity contribution in [2.24, 2.45) is 5.92 Å². The van der Waals surface area contributed by atoms with E-state index in [1.165, 1.54) is 0 Å². The second kappa shape index (κ2) is 5.43. The summed E-state index contributed by atoms with van der Waals surface area (Å²) in [7, 11) is 0. The first-order valence-corrected chi connectivity index (χ1v) is 8.57. The van der Waals surface area contributed by atoms with E-state index in [0.29, 0.717) is 30.8 Å². The molecule has 1 saturated carbocycles. The highest BCUT2D eigenvalue weighted by Gasteiger charge is 2.54. The molecule has 1 amide bonds. The predicted octanol–water partition coefficient (Wildman–Crippen LogP) is 1.77. The summed E-state index contributed by atoms with van der Waals surface area (Å²) >= 11 is 0. The minimum absolute atomic E-state index is 0.117. The lowest BCUT2D eigenvalue weighted by atomic mass is 9.80. The fourth-order valence-electron chi connectivity index (χ4n) is 4.39. The highest BCUT2D eigenvalue weighted by molar-refractivity contribution is 5.76. The number of rotatable bonds is 3. The molecule has 0 spiro atoms. The van der Waals surface area contributed by atoms with Gasteiger partial charge in [0.25, 0.3) is 0 Å². The summed E-state index contributed by atoms with van der Waals surface area (Å²) in [6.07, 6.45) is 3.29. The van der Waals surface area contributed by atoms with Crippen LogP contribution >= 0.6 is 0 Å². The molecule has 0 aromatic carbocycles. The number of aryl methyl sites for hydroxylation is 3. The molecule has 1 aliphatic carbocycles. The Bertz CT molecular complexity index is 780. The Morgan fingerprint density at radius 3 is 2.88 bits per heavy atom. The van der Waals surface area contributed by atoms with Crippen LogP contribution in [0.1, 0.15) is 42.4 Å². The van der Waals surface area contributed by atoms with Gasteiger partial charge in [0.15, 0.2) is 0 Å². The van der Waals surface area contributed by atoms with E-state index in [1.807, 2.05) is 31.7 Å². The zero-order chi connectivity index (χ0) is 16.9. The van der Waals surface area contributed by atoms with Gasteiger partial charge in [0.05, 0.1) is 11.1 Å². The summed E-state index contributed by atoms with van der Waals surface area (Å²) in [5.74, 6) is 1.84. The molecule has 2 atom stereocenters. The van der Waals surface area contributed by atoms with Gasteiger partial charge in [0.2, 0.25) is 17.7 Å². The Labute approximate surface area is 141 Å². The Balaban J connectivity index is 1.54. The van der Waals surface area contributed by atoms with Crippen LogP contribution in [0, 0.1) is 26.7 Å². The molecule has 0 unspecified atom stereocenters. The summed E-state index contributed by atoms with van der Waals surface area (Å²) in [6.45, 7) is 7.50. The molecule has 7 nitrogen and oxygen atoms in total. The summed E-state index contributed by atoms with van der Waals surface area (Å²) in [6, 6.07) is 1.99. The van der Waals surface area contributed by atoms with Crippen LogP contribution in [-0.4, -0.2) is 43.9 Å². The third-order valence-electron chi connectivity index (χ3n) is 5.56. The molecule has 0 bridgehead atoms. The third kappa shape index (κ3) is 2.34. The van der Waals surface area contributed by atoms with Gasteiger partial charge in [-0.1, -0.05) is 6.42 Å². The topological polar surface area (TPSA) is 77.0 Å². The Kier molecular flexibility index (Phi) is 3.47. The van der Waals surface area contributed by atoms with Crippen molar-refractivity contribution in [3.63, 3.8) is 0 Å². The number of hydrogen-bond donors (Lipinski definition) is 0. The quantitative estimate of drug-likeness (QED) is 0.858. The fraction of sp³-hybridized carbons (Fsp3) is 0.647. The minimum atomic E-state index is -0.147. The van der Waals surface area contributed by atoms with Crippen molar-refractivity contribution in [2.75, 3.05) is 13.1 Å². The van der Waals surface area contributed by atoms with Crippen LogP contribution < -0.4 is 0 Å². The van der Waals surface area contributed by atoms with Gasteiger partial charge < -0.3 is 9.32 Å². The fourth-order valence-corrected chi connectivity index (χ4v) is 4.39. The molecule has 2 aliphatic rings. The van der Waals surface area contributed by atoms with Crippen molar-refractivity contribution < 1.29 is 9.21 Å². The van der Waals surface area contributed by atoms with E-state index in [0.717, 1.165) is 37.2 Å². The summed E-state index contributed by atoms with van der Waals surface area (Å²) in [5, 5.41) is 12.7. The van der Waals surface area contributed by atoms with Gasteiger partial charge in [-0.2, -0.15) is 5.10 Å². The number of amides is 1. The molecule has 2 aromatic heterocycles. The molecule has 2 fully saturated rings. The molecular formula is C17H23N5O2. The molecule has 7 heteroatoms. The molecule has 1 aliphatic heterocycles. The average Bonchev–Trinajstić information content (AvgIpc) is 3.23. The highest BCUT2D eigenvalue weighted by atomic mass is 16.4. The highest BCUT2D eigenvalue weighted by Crippen LogP contribution is 2.50. The maximum atomic E-state index is 12.8. The van der Waals surface area contributed by atoms with E-state index >= 15 is 0 Å². The SMILES string of the molecule is Cc1cc(C)n(CC(=O)N2C[C@@H]3CCC[C@]3(c3nnc(C)o3)C2)n1. The number of aromatic nitrogens is 4. The van der Waals surface area contributed by atoms with Gasteiger partial charge in [0, 0.05) is 25.7 Å². The van der Waals surface area contributed by atoms with E-state index in [1.54, 1.807) is 4.68 Å². The first-order valence-electron chi connectivity index (χ1n) is 8.57. The van der Waals surface area contributed by atoms with Crippen molar-refractivity contribution in [1.29, 1.82) is 0 Å². The maximum absolute atomic E-state index is 12.8. The lowest BCUT2D eigenvalue weighted by Gasteiger charge is -2.24. The van der Waals surface area contributed by atoms with Gasteiger partial charge in [-0.3, -0.25) is 9.48 Å². The van der Waals surface area contributed by atoms with Crippen LogP contribution in [-0.2, 0) is 16.8 Å². The lowest BCUT2D eigenvalue weighted by Crippen LogP contribution is -2.36. The zero-order valence-electron chi connectivity index (χ0n) is 14.4. The predicted molar refractivity (Wildman–Crippen MR) is 86.3 cm³/mol. The molecule has 4 rings (SSSR count). The Morgan fingerprint density at radius 2 is 2.21 bits per heavy atom. The number of likely N-dealkylation sites (tertiary alicyclic amines) is 1. The van der Waals surface area contributed by atoms with Gasteiger partial charge >= 0.3 is 0 Å². The Morgan fingerprint density at radius 1 is 1.38 bits per heavy atom. The van der Waals surface area contributed by atoms with E-state index in [4.69, 9.17) is 4.42 Å². The standard InChI is InChI=1S/C17H23N5O2/c1-11-7-12(2)22(20-11)9-15(23)21-8-14-5-4-6-17(14,10-21)16-19-18-13(3)24-16/h7,14H,4-6,8-10H2,1-3H3/t14-,17-/m0/s1. The van der Waals surface area contributed by atoms with Crippen LogP contribution in [0.2, 0.25) is 0 Å². The Hall–Kier alpha value is -2.18. The molecule has 1 saturated heterocycles. The van der Waals surface area contributed by atoms with Crippen molar-refractivity contribution >= 4 is 5.91 Å². The average molecular weight is 329 g/mol. The number of carbonyl (C=O) groups is 1. The largest absolute Gasteiger partial charge is 0.425 e. The first kappa shape index (κ1) is 15.4. The lowest BCUT2D eigenvalue weighted by molar-refractivity contribution is -0.131. The van der Waals surface area contributed by atoms with Crippen LogP contribution in [0.4, 0.5) is 0 Å². The third-order valence-corrected chi connectivity index (χ3v) is 5.56. The van der Waals surface area contributed by atoms with Crippen LogP contribution in [0.3, 0.4) is 0 Å². The molecule has 128 valence electrons. The van der Waals surface area contributed by atoms with Crippen LogP contribution in [0.15, 0.2) is 10.5 Å². The van der Waals surface area contributed by atoms with Gasteiger partial charge in [-0.25, -0.2) is 0 Å². The monoisotopic (exact) mass is 329 g/mol.